The van der Waals surface area contributed by atoms with Crippen LogP contribution in [-0.2, 0) is 6.54 Å². The lowest BCUT2D eigenvalue weighted by atomic mass is 10.1. The van der Waals surface area contributed by atoms with Crippen LogP contribution < -0.4 is 24.4 Å². The van der Waals surface area contributed by atoms with Crippen molar-refractivity contribution in [2.24, 2.45) is 0 Å². The molecule has 6 nitrogen and oxygen atoms in total. The summed E-state index contributed by atoms with van der Waals surface area (Å²) in [6.45, 7) is 7.52. The van der Waals surface area contributed by atoms with Crippen molar-refractivity contribution in [1.29, 1.82) is 0 Å². The molecule has 0 aliphatic rings. The van der Waals surface area contributed by atoms with E-state index in [4.69, 9.17) is 31.8 Å². The number of aryl methyl sites for hydroxylation is 1. The molecule has 0 aliphatic heterocycles. The Morgan fingerprint density at radius 2 is 1.29 bits per heavy atom. The fourth-order valence-corrected chi connectivity index (χ4v) is 3.56. The van der Waals surface area contributed by atoms with Gasteiger partial charge in [-0.25, -0.2) is 0 Å². The van der Waals surface area contributed by atoms with Crippen LogP contribution in [0.25, 0.3) is 21.8 Å². The first-order chi connectivity index (χ1) is 15.1. The Balaban J connectivity index is 2.45. The van der Waals surface area contributed by atoms with Crippen molar-refractivity contribution < 1.29 is 18.9 Å². The summed E-state index contributed by atoms with van der Waals surface area (Å²) in [6, 6.07) is 6.85. The molecule has 0 unspecified atom stereocenters. The monoisotopic (exact) mass is 419 g/mol. The number of nitrogens with zero attached hydrogens (tertiary/aromatic N) is 1. The number of fused-ring (bicyclic) bond motifs is 2. The number of hydrogen-bond donors (Lipinski definition) is 0. The minimum atomic E-state index is -0.170. The van der Waals surface area contributed by atoms with Crippen LogP contribution in [0.5, 0.6) is 23.0 Å². The minimum absolute atomic E-state index is 0.170. The van der Waals surface area contributed by atoms with Crippen molar-refractivity contribution in [1.82, 2.24) is 4.57 Å². The van der Waals surface area contributed by atoms with E-state index in [9.17, 15) is 4.79 Å². The van der Waals surface area contributed by atoms with E-state index in [2.05, 4.69) is 23.7 Å². The molecule has 1 aromatic heterocycles. The summed E-state index contributed by atoms with van der Waals surface area (Å²) in [5.41, 5.74) is 1.25. The zero-order chi connectivity index (χ0) is 22.4. The predicted octanol–water partition coefficient (Wildman–Crippen LogP) is 4.69. The van der Waals surface area contributed by atoms with E-state index >= 15 is 0 Å². The van der Waals surface area contributed by atoms with Gasteiger partial charge in [0.1, 0.15) is 12.2 Å². The van der Waals surface area contributed by atoms with Gasteiger partial charge in [0.05, 0.1) is 35.0 Å². The molecule has 160 valence electrons. The molecule has 3 aromatic rings. The largest absolute Gasteiger partial charge is 0.490 e. The quantitative estimate of drug-likeness (QED) is 0.372. The summed E-state index contributed by atoms with van der Waals surface area (Å²) in [5, 5.41) is 0.970. The van der Waals surface area contributed by atoms with Crippen LogP contribution in [0.15, 0.2) is 29.1 Å². The van der Waals surface area contributed by atoms with Gasteiger partial charge in [-0.1, -0.05) is 26.2 Å². The van der Waals surface area contributed by atoms with Gasteiger partial charge in [0.15, 0.2) is 28.4 Å². The van der Waals surface area contributed by atoms with Crippen molar-refractivity contribution >= 4 is 21.8 Å². The molecule has 2 aromatic carbocycles. The zero-order valence-electron chi connectivity index (χ0n) is 18.0. The summed E-state index contributed by atoms with van der Waals surface area (Å²) < 4.78 is 24.1. The van der Waals surface area contributed by atoms with Gasteiger partial charge < -0.3 is 23.5 Å². The molecular formula is C25H25NO5. The molecule has 0 spiro atoms. The van der Waals surface area contributed by atoms with Crippen LogP contribution in [-0.4, -0.2) is 17.8 Å². The van der Waals surface area contributed by atoms with Crippen molar-refractivity contribution in [3.8, 4) is 48.1 Å². The molecule has 0 N–H and O–H groups in total. The Morgan fingerprint density at radius 1 is 0.806 bits per heavy atom. The Labute approximate surface area is 181 Å². The highest BCUT2D eigenvalue weighted by molar-refractivity contribution is 5.96. The second kappa shape index (κ2) is 9.82. The fraction of sp³-hybridized carbons (Fsp3) is 0.320. The number of ether oxygens (including phenoxy) is 4. The summed E-state index contributed by atoms with van der Waals surface area (Å²) in [4.78, 5) is 13.5. The van der Waals surface area contributed by atoms with Crippen LogP contribution >= 0.6 is 0 Å². The lowest BCUT2D eigenvalue weighted by Crippen LogP contribution is -2.13. The number of aromatic nitrogens is 1. The molecule has 31 heavy (non-hydrogen) atoms. The third-order valence-electron chi connectivity index (χ3n) is 4.87. The molecule has 0 saturated carbocycles. The number of unbranched alkanes of at least 4 members (excludes halogenated alkanes) is 1. The Morgan fingerprint density at radius 3 is 1.81 bits per heavy atom. The van der Waals surface area contributed by atoms with E-state index < -0.39 is 0 Å². The summed E-state index contributed by atoms with van der Waals surface area (Å²) in [7, 11) is 0. The van der Waals surface area contributed by atoms with Gasteiger partial charge in [-0.2, -0.15) is 0 Å². The second-order valence-electron chi connectivity index (χ2n) is 6.77. The number of hydrogen-bond acceptors (Lipinski definition) is 5. The first-order valence-electron chi connectivity index (χ1n) is 10.3. The lowest BCUT2D eigenvalue weighted by molar-refractivity contribution is 0.288. The summed E-state index contributed by atoms with van der Waals surface area (Å²) in [5.74, 6) is 1.60. The molecule has 0 saturated heterocycles. The summed E-state index contributed by atoms with van der Waals surface area (Å²) >= 11 is 0. The number of terminal acetylenes is 2. The van der Waals surface area contributed by atoms with Crippen molar-refractivity contribution in [2.75, 3.05) is 13.2 Å². The van der Waals surface area contributed by atoms with Gasteiger partial charge in [-0.15, -0.1) is 0 Å². The van der Waals surface area contributed by atoms with E-state index in [1.807, 2.05) is 19.9 Å². The van der Waals surface area contributed by atoms with E-state index in [0.29, 0.717) is 47.5 Å². The molecule has 0 amide bonds. The highest BCUT2D eigenvalue weighted by Gasteiger charge is 2.19. The van der Waals surface area contributed by atoms with Crippen LogP contribution in [0.4, 0.5) is 0 Å². The molecule has 6 heteroatoms. The molecule has 0 aliphatic carbocycles. The van der Waals surface area contributed by atoms with Gasteiger partial charge >= 0.3 is 0 Å². The van der Waals surface area contributed by atoms with Gasteiger partial charge in [0.2, 0.25) is 0 Å². The lowest BCUT2D eigenvalue weighted by Gasteiger charge is -2.19. The predicted molar refractivity (Wildman–Crippen MR) is 122 cm³/mol. The van der Waals surface area contributed by atoms with Gasteiger partial charge in [0.25, 0.3) is 0 Å². The number of rotatable bonds is 9. The van der Waals surface area contributed by atoms with Crippen LogP contribution in [0.1, 0.15) is 33.6 Å². The third kappa shape index (κ3) is 4.25. The van der Waals surface area contributed by atoms with Crippen LogP contribution in [0.3, 0.4) is 0 Å². The maximum atomic E-state index is 13.5. The number of benzene rings is 2. The summed E-state index contributed by atoms with van der Waals surface area (Å²) in [6.07, 6.45) is 16.8. The van der Waals surface area contributed by atoms with Gasteiger partial charge in [-0.3, -0.25) is 4.79 Å². The molecule has 3 rings (SSSR count). The van der Waals surface area contributed by atoms with Crippen LogP contribution in [0, 0.1) is 25.1 Å². The number of pyridine rings is 1. The Hall–Kier alpha value is -3.77. The minimum Gasteiger partial charge on any atom is -0.490 e. The molecule has 0 radical (unpaired) electrons. The molecule has 0 atom stereocenters. The van der Waals surface area contributed by atoms with E-state index in [1.54, 1.807) is 18.2 Å². The fourth-order valence-electron chi connectivity index (χ4n) is 3.56. The molecule has 0 bridgehead atoms. The normalized spacial score (nSPS) is 10.5. The molecule has 1 heterocycles. The van der Waals surface area contributed by atoms with E-state index in [-0.39, 0.29) is 16.9 Å². The third-order valence-corrected chi connectivity index (χ3v) is 4.87. The average molecular weight is 419 g/mol. The van der Waals surface area contributed by atoms with Crippen molar-refractivity contribution in [2.45, 2.75) is 40.2 Å². The maximum absolute atomic E-state index is 13.5. The molecule has 0 fully saturated rings. The first-order valence-corrected chi connectivity index (χ1v) is 10.3. The Kier molecular flexibility index (Phi) is 6.95. The molecular weight excluding hydrogens is 394 g/mol. The van der Waals surface area contributed by atoms with Gasteiger partial charge in [-0.05, 0) is 32.4 Å². The van der Waals surface area contributed by atoms with Crippen molar-refractivity contribution in [3.63, 3.8) is 0 Å². The smallest absolute Gasteiger partial charge is 0.197 e. The van der Waals surface area contributed by atoms with Crippen molar-refractivity contribution in [3.05, 3.63) is 34.5 Å². The zero-order valence-corrected chi connectivity index (χ0v) is 18.0. The van der Waals surface area contributed by atoms with Crippen LogP contribution in [0.2, 0.25) is 0 Å². The average Bonchev–Trinajstić information content (AvgIpc) is 2.76. The van der Waals surface area contributed by atoms with Gasteiger partial charge in [0, 0.05) is 18.7 Å². The SMILES string of the molecule is C#COc1cc2c(=O)c3cc(OCC)c(OCC)cc3n(CCCC)c2cc1OC#C. The highest BCUT2D eigenvalue weighted by Crippen LogP contribution is 2.36. The Bertz CT molecular complexity index is 1240. The topological polar surface area (TPSA) is 58.9 Å². The first kappa shape index (κ1) is 21.9. The second-order valence-corrected chi connectivity index (χ2v) is 6.77. The van der Waals surface area contributed by atoms with E-state index in [0.717, 1.165) is 18.4 Å². The standard InChI is InChI=1S/C25H25NO5/c1-6-11-12-26-19-15-23(30-9-4)21(28-7-2)13-17(19)25(27)18-14-22(29-8-3)24(31-10-5)16-20(18)26/h2,4,13-16H,6,8,10-12H2,1,3,5H3. The maximum Gasteiger partial charge on any atom is 0.197 e. The highest BCUT2D eigenvalue weighted by atomic mass is 16.5. The van der Waals surface area contributed by atoms with E-state index in [1.165, 1.54) is 0 Å².